The van der Waals surface area contributed by atoms with Crippen LogP contribution < -0.4 is 16.5 Å². The van der Waals surface area contributed by atoms with Gasteiger partial charge in [-0.1, -0.05) is 29.8 Å². The van der Waals surface area contributed by atoms with Crippen molar-refractivity contribution in [2.45, 2.75) is 13.8 Å². The number of benzene rings is 2. The van der Waals surface area contributed by atoms with E-state index in [0.717, 1.165) is 22.5 Å². The summed E-state index contributed by atoms with van der Waals surface area (Å²) in [7, 11) is 0. The molecule has 22 heavy (non-hydrogen) atoms. The molecular weight excluding hydrogens is 316 g/mol. The van der Waals surface area contributed by atoms with E-state index in [9.17, 15) is 0 Å². The monoisotopic (exact) mass is 332 g/mol. The first-order chi connectivity index (χ1) is 10.5. The second-order valence-corrected chi connectivity index (χ2v) is 5.62. The number of nitrogens with two attached hydrogens (primary N) is 1. The largest absolute Gasteiger partial charge is 0.399 e. The molecule has 0 atom stereocenters. The molecular formula is C16H17ClN4S. The van der Waals surface area contributed by atoms with Crippen LogP contribution in [0.4, 0.5) is 11.4 Å². The van der Waals surface area contributed by atoms with Crippen molar-refractivity contribution < 1.29 is 0 Å². The normalized spacial score (nSPS) is 11.1. The second kappa shape index (κ2) is 7.24. The molecule has 0 radical (unpaired) electrons. The number of halogens is 1. The molecule has 0 unspecified atom stereocenters. The van der Waals surface area contributed by atoms with Gasteiger partial charge in [0.05, 0.1) is 5.71 Å². The topological polar surface area (TPSA) is 62.4 Å². The van der Waals surface area contributed by atoms with Crippen molar-refractivity contribution >= 4 is 46.0 Å². The Balaban J connectivity index is 2.03. The predicted octanol–water partition coefficient (Wildman–Crippen LogP) is 3.94. The number of hydrogen-bond acceptors (Lipinski definition) is 3. The van der Waals surface area contributed by atoms with Gasteiger partial charge >= 0.3 is 0 Å². The van der Waals surface area contributed by atoms with Crippen LogP contribution in [-0.4, -0.2) is 10.8 Å². The van der Waals surface area contributed by atoms with Gasteiger partial charge in [0.2, 0.25) is 0 Å². The maximum atomic E-state index is 6.08. The van der Waals surface area contributed by atoms with Crippen LogP contribution in [0.1, 0.15) is 18.1 Å². The number of nitrogens with one attached hydrogen (secondary N) is 2. The number of anilines is 2. The standard InChI is InChI=1S/C16H17ClN4S/c1-10-14(17)7-4-8-15(10)19-16(22)21-20-11(2)12-5-3-6-13(18)9-12/h3-9H,18H2,1-2H3,(H2,19,21,22)/b20-11+. The van der Waals surface area contributed by atoms with Gasteiger partial charge in [-0.15, -0.1) is 0 Å². The van der Waals surface area contributed by atoms with Crippen LogP contribution in [0.15, 0.2) is 47.6 Å². The van der Waals surface area contributed by atoms with Gasteiger partial charge in [0.15, 0.2) is 5.11 Å². The molecule has 0 spiro atoms. The average Bonchev–Trinajstić information content (AvgIpc) is 2.49. The van der Waals surface area contributed by atoms with E-state index in [1.165, 1.54) is 0 Å². The highest BCUT2D eigenvalue weighted by atomic mass is 35.5. The summed E-state index contributed by atoms with van der Waals surface area (Å²) >= 11 is 11.3. The summed E-state index contributed by atoms with van der Waals surface area (Å²) in [5.41, 5.74) is 12.8. The Morgan fingerprint density at radius 1 is 1.23 bits per heavy atom. The fourth-order valence-corrected chi connectivity index (χ4v) is 2.19. The van der Waals surface area contributed by atoms with Crippen molar-refractivity contribution in [1.82, 2.24) is 5.43 Å². The number of hydrazone groups is 1. The number of thiocarbonyl (C=S) groups is 1. The van der Waals surface area contributed by atoms with Crippen molar-refractivity contribution in [3.05, 3.63) is 58.6 Å². The van der Waals surface area contributed by atoms with Gasteiger partial charge < -0.3 is 11.1 Å². The van der Waals surface area contributed by atoms with Gasteiger partial charge in [-0.3, -0.25) is 5.43 Å². The van der Waals surface area contributed by atoms with Gasteiger partial charge in [0.1, 0.15) is 0 Å². The van der Waals surface area contributed by atoms with Gasteiger partial charge in [-0.2, -0.15) is 5.10 Å². The third-order valence-electron chi connectivity index (χ3n) is 3.15. The summed E-state index contributed by atoms with van der Waals surface area (Å²) in [6.07, 6.45) is 0. The molecule has 6 heteroatoms. The Morgan fingerprint density at radius 2 is 1.95 bits per heavy atom. The summed E-state index contributed by atoms with van der Waals surface area (Å²) in [6, 6.07) is 13.1. The zero-order valence-electron chi connectivity index (χ0n) is 12.4. The molecule has 0 aliphatic rings. The van der Waals surface area contributed by atoms with Crippen LogP contribution in [0.5, 0.6) is 0 Å². The Bertz CT molecular complexity index is 728. The van der Waals surface area contributed by atoms with Crippen molar-refractivity contribution in [3.63, 3.8) is 0 Å². The van der Waals surface area contributed by atoms with Gasteiger partial charge in [0.25, 0.3) is 0 Å². The summed E-state index contributed by atoms with van der Waals surface area (Å²) in [4.78, 5) is 0. The van der Waals surface area contributed by atoms with Crippen molar-refractivity contribution in [1.29, 1.82) is 0 Å². The van der Waals surface area contributed by atoms with E-state index in [2.05, 4.69) is 15.8 Å². The average molecular weight is 333 g/mol. The third kappa shape index (κ3) is 4.19. The highest BCUT2D eigenvalue weighted by molar-refractivity contribution is 7.80. The lowest BCUT2D eigenvalue weighted by atomic mass is 10.1. The Labute approximate surface area is 140 Å². The number of nitrogens with zero attached hydrogens (tertiary/aromatic N) is 1. The molecule has 4 N–H and O–H groups in total. The lowest BCUT2D eigenvalue weighted by Crippen LogP contribution is -2.25. The fourth-order valence-electron chi connectivity index (χ4n) is 1.86. The molecule has 4 nitrogen and oxygen atoms in total. The first-order valence-corrected chi connectivity index (χ1v) is 7.48. The van der Waals surface area contributed by atoms with Gasteiger partial charge in [0, 0.05) is 16.4 Å². The van der Waals surface area contributed by atoms with Gasteiger partial charge in [-0.25, -0.2) is 0 Å². The molecule has 0 bridgehead atoms. The summed E-state index contributed by atoms with van der Waals surface area (Å²) in [5.74, 6) is 0. The van der Waals surface area contributed by atoms with E-state index in [4.69, 9.17) is 29.6 Å². The van der Waals surface area contributed by atoms with Crippen LogP contribution in [-0.2, 0) is 0 Å². The molecule has 0 saturated heterocycles. The van der Waals surface area contributed by atoms with E-state index in [-0.39, 0.29) is 0 Å². The predicted molar refractivity (Wildman–Crippen MR) is 98.6 cm³/mol. The molecule has 0 amide bonds. The highest BCUT2D eigenvalue weighted by Gasteiger charge is 2.04. The van der Waals surface area contributed by atoms with Crippen LogP contribution >= 0.6 is 23.8 Å². The third-order valence-corrected chi connectivity index (χ3v) is 3.75. The molecule has 114 valence electrons. The summed E-state index contributed by atoms with van der Waals surface area (Å²) in [6.45, 7) is 3.81. The summed E-state index contributed by atoms with van der Waals surface area (Å²) in [5, 5.41) is 8.42. The first kappa shape index (κ1) is 16.3. The Morgan fingerprint density at radius 3 is 2.68 bits per heavy atom. The lowest BCUT2D eigenvalue weighted by Gasteiger charge is -2.11. The van der Waals surface area contributed by atoms with Crippen LogP contribution in [0, 0.1) is 6.92 Å². The minimum Gasteiger partial charge on any atom is -0.399 e. The van der Waals surface area contributed by atoms with E-state index in [0.29, 0.717) is 15.8 Å². The Kier molecular flexibility index (Phi) is 5.35. The summed E-state index contributed by atoms with van der Waals surface area (Å²) < 4.78 is 0. The van der Waals surface area contributed by atoms with E-state index in [1.54, 1.807) is 0 Å². The van der Waals surface area contributed by atoms with Crippen LogP contribution in [0.25, 0.3) is 0 Å². The molecule has 0 aromatic heterocycles. The number of hydrogen-bond donors (Lipinski definition) is 3. The zero-order chi connectivity index (χ0) is 16.1. The van der Waals surface area contributed by atoms with Crippen LogP contribution in [0.2, 0.25) is 5.02 Å². The second-order valence-electron chi connectivity index (χ2n) is 4.80. The van der Waals surface area contributed by atoms with E-state index in [1.807, 2.05) is 56.3 Å². The number of rotatable bonds is 3. The van der Waals surface area contributed by atoms with E-state index >= 15 is 0 Å². The molecule has 2 aromatic rings. The maximum absolute atomic E-state index is 6.08. The maximum Gasteiger partial charge on any atom is 0.191 e. The van der Waals surface area contributed by atoms with E-state index < -0.39 is 0 Å². The molecule has 0 saturated carbocycles. The molecule has 0 aliphatic carbocycles. The van der Waals surface area contributed by atoms with Crippen molar-refractivity contribution in [2.24, 2.45) is 5.10 Å². The highest BCUT2D eigenvalue weighted by Crippen LogP contribution is 2.22. The molecule has 0 aliphatic heterocycles. The van der Waals surface area contributed by atoms with Crippen molar-refractivity contribution in [2.75, 3.05) is 11.1 Å². The molecule has 2 rings (SSSR count). The smallest absolute Gasteiger partial charge is 0.191 e. The molecule has 0 fully saturated rings. The van der Waals surface area contributed by atoms with Gasteiger partial charge in [-0.05, 0) is 61.5 Å². The molecule has 0 heterocycles. The van der Waals surface area contributed by atoms with Crippen molar-refractivity contribution in [3.8, 4) is 0 Å². The minimum absolute atomic E-state index is 0.397. The lowest BCUT2D eigenvalue weighted by molar-refractivity contribution is 1.04. The first-order valence-electron chi connectivity index (χ1n) is 6.69. The molecule has 2 aromatic carbocycles. The minimum atomic E-state index is 0.397. The fraction of sp³-hybridized carbons (Fsp3) is 0.125. The Hall–Kier alpha value is -2.11. The zero-order valence-corrected chi connectivity index (χ0v) is 13.9. The number of nitrogen functional groups attached to an aromatic ring is 1. The quantitative estimate of drug-likeness (QED) is 0.345. The SMILES string of the molecule is C/C(=N\NC(=S)Nc1cccc(Cl)c1C)c1cccc(N)c1. The van der Waals surface area contributed by atoms with Crippen LogP contribution in [0.3, 0.4) is 0 Å².